The van der Waals surface area contributed by atoms with Crippen LogP contribution in [-0.4, -0.2) is 28.6 Å². The van der Waals surface area contributed by atoms with Gasteiger partial charge in [-0.25, -0.2) is 4.79 Å². The summed E-state index contributed by atoms with van der Waals surface area (Å²) in [7, 11) is 0. The lowest BCUT2D eigenvalue weighted by Crippen LogP contribution is -2.42. The van der Waals surface area contributed by atoms with Crippen molar-refractivity contribution in [3.05, 3.63) is 41.4 Å². The van der Waals surface area contributed by atoms with Gasteiger partial charge in [-0.2, -0.15) is 5.26 Å². The molecule has 1 aliphatic carbocycles. The molecule has 1 N–H and O–H groups in total. The molecule has 0 spiro atoms. The van der Waals surface area contributed by atoms with E-state index in [1.165, 1.54) is 13.3 Å². The van der Waals surface area contributed by atoms with Crippen molar-refractivity contribution >= 4 is 11.9 Å². The van der Waals surface area contributed by atoms with Gasteiger partial charge in [0, 0.05) is 18.4 Å². The number of carbonyl (C=O) groups is 2. The Hall–Kier alpha value is -3.01. The second-order valence-electron chi connectivity index (χ2n) is 6.81. The van der Waals surface area contributed by atoms with E-state index in [2.05, 4.69) is 5.32 Å². The number of nitriles is 1. The fraction of sp³-hybridized carbons (Fsp3) is 0.450. The molecule has 1 fully saturated rings. The van der Waals surface area contributed by atoms with Crippen LogP contribution in [0.15, 0.2) is 28.9 Å². The van der Waals surface area contributed by atoms with Crippen molar-refractivity contribution in [2.75, 3.05) is 0 Å². The van der Waals surface area contributed by atoms with Crippen molar-refractivity contribution in [1.29, 1.82) is 5.26 Å². The molecule has 0 radical (unpaired) electrons. The molecule has 0 saturated heterocycles. The van der Waals surface area contributed by atoms with Crippen molar-refractivity contribution in [2.45, 2.75) is 58.1 Å². The van der Waals surface area contributed by atoms with E-state index in [1.807, 2.05) is 6.07 Å². The minimum atomic E-state index is -0.949. The minimum Gasteiger partial charge on any atom is -0.449 e. The van der Waals surface area contributed by atoms with Crippen molar-refractivity contribution in [2.24, 2.45) is 0 Å². The van der Waals surface area contributed by atoms with Gasteiger partial charge in [0.15, 0.2) is 6.10 Å². The summed E-state index contributed by atoms with van der Waals surface area (Å²) in [6.07, 6.45) is 7.77. The predicted octanol–water partition coefficient (Wildman–Crippen LogP) is 3.24. The summed E-state index contributed by atoms with van der Waals surface area (Å²) < 4.78 is 12.5. The van der Waals surface area contributed by atoms with Crippen LogP contribution in [0.25, 0.3) is 5.88 Å². The van der Waals surface area contributed by atoms with Gasteiger partial charge in [0.25, 0.3) is 5.91 Å². The molecule has 2 heterocycles. The molecule has 1 amide bonds. The van der Waals surface area contributed by atoms with Gasteiger partial charge in [-0.05, 0) is 38.8 Å². The predicted molar refractivity (Wildman–Crippen MR) is 97.4 cm³/mol. The van der Waals surface area contributed by atoms with E-state index in [4.69, 9.17) is 9.15 Å². The summed E-state index contributed by atoms with van der Waals surface area (Å²) in [5.41, 5.74) is 0.145. The van der Waals surface area contributed by atoms with Gasteiger partial charge in [-0.3, -0.25) is 9.36 Å². The Labute approximate surface area is 157 Å². The van der Waals surface area contributed by atoms with Gasteiger partial charge >= 0.3 is 5.97 Å². The van der Waals surface area contributed by atoms with Crippen LogP contribution in [-0.2, 0) is 9.53 Å². The van der Waals surface area contributed by atoms with Gasteiger partial charge in [-0.1, -0.05) is 19.3 Å². The van der Waals surface area contributed by atoms with Gasteiger partial charge in [-0.15, -0.1) is 0 Å². The molecule has 27 heavy (non-hydrogen) atoms. The van der Waals surface area contributed by atoms with Crippen molar-refractivity contribution < 1.29 is 18.7 Å². The largest absolute Gasteiger partial charge is 0.449 e. The zero-order chi connectivity index (χ0) is 19.4. The molecule has 1 atom stereocenters. The van der Waals surface area contributed by atoms with E-state index < -0.39 is 12.1 Å². The summed E-state index contributed by atoms with van der Waals surface area (Å²) in [6.45, 7) is 3.13. The van der Waals surface area contributed by atoms with E-state index in [0.717, 1.165) is 25.7 Å². The average Bonchev–Trinajstić information content (AvgIpc) is 3.29. The molecule has 1 saturated carbocycles. The van der Waals surface area contributed by atoms with Crippen LogP contribution in [0.3, 0.4) is 0 Å². The van der Waals surface area contributed by atoms with Crippen LogP contribution in [0.2, 0.25) is 0 Å². The monoisotopic (exact) mass is 369 g/mol. The maximum absolute atomic E-state index is 12.6. The van der Waals surface area contributed by atoms with Gasteiger partial charge < -0.3 is 14.5 Å². The van der Waals surface area contributed by atoms with Gasteiger partial charge in [0.1, 0.15) is 23.0 Å². The average molecular weight is 369 g/mol. The highest BCUT2D eigenvalue weighted by Crippen LogP contribution is 2.26. The first-order valence-electron chi connectivity index (χ1n) is 9.19. The van der Waals surface area contributed by atoms with Crippen LogP contribution in [0, 0.1) is 18.3 Å². The number of nitrogens with one attached hydrogen (secondary N) is 1. The maximum Gasteiger partial charge on any atom is 0.343 e. The van der Waals surface area contributed by atoms with Crippen LogP contribution >= 0.6 is 0 Å². The molecule has 2 aromatic rings. The van der Waals surface area contributed by atoms with E-state index in [1.54, 1.807) is 36.0 Å². The minimum absolute atomic E-state index is 0.0542. The second kappa shape index (κ2) is 8.12. The highest BCUT2D eigenvalue weighted by molar-refractivity contribution is 5.96. The van der Waals surface area contributed by atoms with E-state index in [0.29, 0.717) is 0 Å². The molecule has 0 aliphatic heterocycles. The number of nitrogens with zero attached hydrogens (tertiary/aromatic N) is 2. The molecular formula is C20H23N3O4. The lowest BCUT2D eigenvalue weighted by atomic mass is 9.95. The van der Waals surface area contributed by atoms with Crippen LogP contribution < -0.4 is 5.32 Å². The third-order valence-corrected chi connectivity index (χ3v) is 4.83. The number of hydrogen-bond donors (Lipinski definition) is 1. The highest BCUT2D eigenvalue weighted by atomic mass is 16.5. The Morgan fingerprint density at radius 1 is 1.30 bits per heavy atom. The highest BCUT2D eigenvalue weighted by Gasteiger charge is 2.29. The van der Waals surface area contributed by atoms with E-state index >= 15 is 0 Å². The lowest BCUT2D eigenvalue weighted by Gasteiger charge is -2.24. The number of rotatable bonds is 5. The molecule has 0 unspecified atom stereocenters. The third kappa shape index (κ3) is 4.05. The van der Waals surface area contributed by atoms with Crippen molar-refractivity contribution in [1.82, 2.24) is 9.88 Å². The Morgan fingerprint density at radius 2 is 1.96 bits per heavy atom. The molecule has 142 valence electrons. The molecule has 0 bridgehead atoms. The molecule has 7 nitrogen and oxygen atoms in total. The number of furan rings is 1. The molecule has 2 aromatic heterocycles. The van der Waals surface area contributed by atoms with Crippen molar-refractivity contribution in [3.8, 4) is 12.0 Å². The number of carbonyl (C=O) groups excluding carboxylic acids is 2. The number of hydrogen-bond acceptors (Lipinski definition) is 5. The number of amides is 1. The Morgan fingerprint density at radius 3 is 2.59 bits per heavy atom. The molecule has 0 aromatic carbocycles. The second-order valence-corrected chi connectivity index (χ2v) is 6.81. The first-order chi connectivity index (χ1) is 13.0. The normalized spacial score (nSPS) is 15.7. The van der Waals surface area contributed by atoms with Gasteiger partial charge in [0.05, 0.1) is 0 Å². The third-order valence-electron chi connectivity index (χ3n) is 4.83. The molecule has 1 aliphatic rings. The Bertz CT molecular complexity index is 855. The number of aromatic nitrogens is 1. The Kier molecular flexibility index (Phi) is 5.65. The summed E-state index contributed by atoms with van der Waals surface area (Å²) in [5, 5.41) is 12.4. The fourth-order valence-corrected chi connectivity index (χ4v) is 3.37. The zero-order valence-corrected chi connectivity index (χ0v) is 15.5. The summed E-state index contributed by atoms with van der Waals surface area (Å²) in [6, 6.07) is 5.72. The topological polar surface area (TPSA) is 97.3 Å². The Balaban J connectivity index is 1.72. The first-order valence-corrected chi connectivity index (χ1v) is 9.19. The summed E-state index contributed by atoms with van der Waals surface area (Å²) in [4.78, 5) is 24.9. The first kappa shape index (κ1) is 18.8. The SMILES string of the molecule is Cc1oc(-n2cccc2)c(C#N)c1C(=O)O[C@H](C)C(=O)NC1CCCCC1. The number of ether oxygens (including phenoxy) is 1. The van der Waals surface area contributed by atoms with Crippen LogP contribution in [0.1, 0.15) is 60.7 Å². The summed E-state index contributed by atoms with van der Waals surface area (Å²) >= 11 is 0. The van der Waals surface area contributed by atoms with Crippen LogP contribution in [0.5, 0.6) is 0 Å². The number of esters is 1. The maximum atomic E-state index is 12.6. The van der Waals surface area contributed by atoms with E-state index in [-0.39, 0.29) is 34.7 Å². The fourth-order valence-electron chi connectivity index (χ4n) is 3.37. The quantitative estimate of drug-likeness (QED) is 0.816. The van der Waals surface area contributed by atoms with Gasteiger partial charge in [0.2, 0.25) is 5.88 Å². The molecule has 3 rings (SSSR count). The molecule has 7 heteroatoms. The summed E-state index contributed by atoms with van der Waals surface area (Å²) in [5.74, 6) is -0.524. The van der Waals surface area contributed by atoms with Crippen molar-refractivity contribution in [3.63, 3.8) is 0 Å². The smallest absolute Gasteiger partial charge is 0.343 e. The van der Waals surface area contributed by atoms with E-state index in [9.17, 15) is 14.9 Å². The standard InChI is InChI=1S/C20H23N3O4/c1-13-17(16(12-21)19(26-13)23-10-6-7-11-23)20(25)27-14(2)18(24)22-15-8-4-3-5-9-15/h6-7,10-11,14-15H,3-5,8-9H2,1-2H3,(H,22,24)/t14-/m1/s1. The van der Waals surface area contributed by atoms with Crippen LogP contribution in [0.4, 0.5) is 0 Å². The zero-order valence-electron chi connectivity index (χ0n) is 15.5. The molecular weight excluding hydrogens is 346 g/mol. The lowest BCUT2D eigenvalue weighted by molar-refractivity contribution is -0.130. The number of aryl methyl sites for hydroxylation is 1.